The minimum atomic E-state index is -4.53. The van der Waals surface area contributed by atoms with Crippen LogP contribution in [-0.4, -0.2) is 4.98 Å². The van der Waals surface area contributed by atoms with Crippen LogP contribution in [0.4, 0.5) is 24.5 Å². The molecule has 0 radical (unpaired) electrons. The van der Waals surface area contributed by atoms with E-state index < -0.39 is 11.9 Å². The molecule has 3 nitrogen and oxygen atoms in total. The van der Waals surface area contributed by atoms with Crippen molar-refractivity contribution in [2.24, 2.45) is 0 Å². The second-order valence-corrected chi connectivity index (χ2v) is 3.74. The fraction of sp³-hybridized carbons (Fsp3) is 0.0833. The summed E-state index contributed by atoms with van der Waals surface area (Å²) in [6, 6.07) is 7.15. The fourth-order valence-corrected chi connectivity index (χ4v) is 1.66. The molecule has 0 atom stereocenters. The molecule has 1 aromatic carbocycles. The van der Waals surface area contributed by atoms with Gasteiger partial charge in [0.2, 0.25) is 0 Å². The van der Waals surface area contributed by atoms with Gasteiger partial charge in [-0.3, -0.25) is 4.98 Å². The van der Waals surface area contributed by atoms with Crippen molar-refractivity contribution in [3.63, 3.8) is 0 Å². The number of hydrogen-bond acceptors (Lipinski definition) is 3. The lowest BCUT2D eigenvalue weighted by molar-refractivity contribution is -0.140. The summed E-state index contributed by atoms with van der Waals surface area (Å²) in [6.45, 7) is 0. The molecule has 0 aliphatic carbocycles. The molecule has 4 N–H and O–H groups in total. The second-order valence-electron chi connectivity index (χ2n) is 3.74. The van der Waals surface area contributed by atoms with Crippen molar-refractivity contribution in [2.75, 3.05) is 11.5 Å². The van der Waals surface area contributed by atoms with Gasteiger partial charge in [0.1, 0.15) is 0 Å². The summed E-state index contributed by atoms with van der Waals surface area (Å²) in [4.78, 5) is 3.38. The predicted octanol–water partition coefficient (Wildman–Crippen LogP) is 2.93. The van der Waals surface area contributed by atoms with E-state index in [-0.39, 0.29) is 16.8 Å². The molecule has 94 valence electrons. The van der Waals surface area contributed by atoms with Crippen molar-refractivity contribution in [1.82, 2.24) is 4.98 Å². The van der Waals surface area contributed by atoms with Crippen LogP contribution in [0.3, 0.4) is 0 Å². The van der Waals surface area contributed by atoms with Crippen LogP contribution >= 0.6 is 0 Å². The highest BCUT2D eigenvalue weighted by Gasteiger charge is 2.35. The summed E-state index contributed by atoms with van der Waals surface area (Å²) in [5, 5.41) is 0. The molecule has 0 fully saturated rings. The van der Waals surface area contributed by atoms with Crippen molar-refractivity contribution in [3.8, 4) is 11.1 Å². The molecule has 0 saturated heterocycles. The molecular weight excluding hydrogens is 243 g/mol. The lowest BCUT2D eigenvalue weighted by atomic mass is 10.0. The van der Waals surface area contributed by atoms with Gasteiger partial charge in [-0.1, -0.05) is 6.07 Å². The zero-order valence-electron chi connectivity index (χ0n) is 9.20. The van der Waals surface area contributed by atoms with Gasteiger partial charge in [0.05, 0.1) is 0 Å². The second kappa shape index (κ2) is 4.21. The maximum Gasteiger partial charge on any atom is 0.433 e. The van der Waals surface area contributed by atoms with Crippen LogP contribution in [0, 0.1) is 0 Å². The molecule has 0 saturated carbocycles. The molecule has 0 bridgehead atoms. The molecular formula is C12H10F3N3. The summed E-state index contributed by atoms with van der Waals surface area (Å²) >= 11 is 0. The normalized spacial score (nSPS) is 11.5. The predicted molar refractivity (Wildman–Crippen MR) is 63.5 cm³/mol. The Hall–Kier alpha value is -2.24. The third kappa shape index (κ3) is 2.22. The number of alkyl halides is 3. The number of nitrogens with two attached hydrogens (primary N) is 2. The number of anilines is 2. The Morgan fingerprint density at radius 1 is 1.00 bits per heavy atom. The summed E-state index contributed by atoms with van der Waals surface area (Å²) in [5.74, 6) is 0. The Morgan fingerprint density at radius 2 is 1.72 bits per heavy atom. The molecule has 0 aliphatic rings. The van der Waals surface area contributed by atoms with Crippen molar-refractivity contribution in [2.45, 2.75) is 6.18 Å². The van der Waals surface area contributed by atoms with Gasteiger partial charge in [0, 0.05) is 28.7 Å². The first-order valence-corrected chi connectivity index (χ1v) is 5.07. The number of nitrogen functional groups attached to an aromatic ring is 2. The maximum absolute atomic E-state index is 12.8. The van der Waals surface area contributed by atoms with Gasteiger partial charge in [-0.15, -0.1) is 0 Å². The molecule has 0 unspecified atom stereocenters. The van der Waals surface area contributed by atoms with Gasteiger partial charge >= 0.3 is 6.18 Å². The van der Waals surface area contributed by atoms with Crippen LogP contribution < -0.4 is 11.5 Å². The first-order valence-electron chi connectivity index (χ1n) is 5.07. The molecule has 2 rings (SSSR count). The number of aromatic nitrogens is 1. The molecule has 0 aliphatic heterocycles. The number of nitrogens with zero attached hydrogens (tertiary/aromatic N) is 1. The summed E-state index contributed by atoms with van der Waals surface area (Å²) < 4.78 is 38.5. The zero-order valence-corrected chi connectivity index (χ0v) is 9.20. The minimum absolute atomic E-state index is 0.0743. The van der Waals surface area contributed by atoms with Crippen LogP contribution in [-0.2, 0) is 6.18 Å². The van der Waals surface area contributed by atoms with E-state index in [1.807, 2.05) is 0 Å². The van der Waals surface area contributed by atoms with E-state index >= 15 is 0 Å². The van der Waals surface area contributed by atoms with E-state index in [1.54, 1.807) is 0 Å². The monoisotopic (exact) mass is 253 g/mol. The number of halogens is 3. The van der Waals surface area contributed by atoms with Gasteiger partial charge in [-0.25, -0.2) is 0 Å². The van der Waals surface area contributed by atoms with Crippen LogP contribution in [0.1, 0.15) is 5.69 Å². The Balaban J connectivity index is 2.68. The molecule has 0 amide bonds. The van der Waals surface area contributed by atoms with Crippen LogP contribution in [0.5, 0.6) is 0 Å². The van der Waals surface area contributed by atoms with E-state index in [2.05, 4.69) is 4.98 Å². The lowest BCUT2D eigenvalue weighted by Gasteiger charge is -2.13. The molecule has 18 heavy (non-hydrogen) atoms. The molecule has 1 heterocycles. The van der Waals surface area contributed by atoms with Gasteiger partial charge in [-0.05, 0) is 24.3 Å². The summed E-state index contributed by atoms with van der Waals surface area (Å²) in [6.07, 6.45) is -3.44. The number of rotatable bonds is 1. The Kier molecular flexibility index (Phi) is 2.86. The third-order valence-electron chi connectivity index (χ3n) is 2.44. The van der Waals surface area contributed by atoms with Crippen molar-refractivity contribution >= 4 is 11.4 Å². The van der Waals surface area contributed by atoms with E-state index in [0.717, 1.165) is 6.20 Å². The van der Waals surface area contributed by atoms with Gasteiger partial charge < -0.3 is 11.5 Å². The van der Waals surface area contributed by atoms with E-state index in [0.29, 0.717) is 5.69 Å². The molecule has 2 aromatic rings. The third-order valence-corrected chi connectivity index (χ3v) is 2.44. The summed E-state index contributed by atoms with van der Waals surface area (Å²) in [5.41, 5.74) is 11.0. The van der Waals surface area contributed by atoms with E-state index in [9.17, 15) is 13.2 Å². The zero-order chi connectivity index (χ0) is 13.3. The van der Waals surface area contributed by atoms with E-state index in [4.69, 9.17) is 11.5 Å². The van der Waals surface area contributed by atoms with Gasteiger partial charge in [0.15, 0.2) is 5.69 Å². The minimum Gasteiger partial charge on any atom is -0.399 e. The number of pyridine rings is 1. The number of hydrogen-bond donors (Lipinski definition) is 2. The first kappa shape index (κ1) is 12.2. The smallest absolute Gasteiger partial charge is 0.399 e. The number of benzene rings is 1. The fourth-order valence-electron chi connectivity index (χ4n) is 1.66. The average Bonchev–Trinajstić information content (AvgIpc) is 2.31. The highest BCUT2D eigenvalue weighted by Crippen LogP contribution is 2.37. The Bertz CT molecular complexity index is 579. The average molecular weight is 253 g/mol. The largest absolute Gasteiger partial charge is 0.433 e. The SMILES string of the molecule is Nc1ccc(N)c(-c2cccnc2C(F)(F)F)c1. The van der Waals surface area contributed by atoms with Crippen LogP contribution in [0.2, 0.25) is 0 Å². The van der Waals surface area contributed by atoms with Gasteiger partial charge in [-0.2, -0.15) is 13.2 Å². The molecule has 6 heteroatoms. The standard InChI is InChI=1S/C12H10F3N3/c13-12(14,15)11-8(2-1-5-18-11)9-6-7(16)3-4-10(9)17/h1-6H,16-17H2. The first-order chi connectivity index (χ1) is 8.39. The highest BCUT2D eigenvalue weighted by atomic mass is 19.4. The van der Waals surface area contributed by atoms with Crippen LogP contribution in [0.25, 0.3) is 11.1 Å². The molecule has 0 spiro atoms. The van der Waals surface area contributed by atoms with Crippen molar-refractivity contribution in [1.29, 1.82) is 0 Å². The lowest BCUT2D eigenvalue weighted by Crippen LogP contribution is -2.10. The van der Waals surface area contributed by atoms with Crippen molar-refractivity contribution in [3.05, 3.63) is 42.2 Å². The van der Waals surface area contributed by atoms with E-state index in [1.165, 1.54) is 30.3 Å². The quantitative estimate of drug-likeness (QED) is 0.768. The Morgan fingerprint density at radius 3 is 2.39 bits per heavy atom. The summed E-state index contributed by atoms with van der Waals surface area (Å²) in [7, 11) is 0. The van der Waals surface area contributed by atoms with Crippen molar-refractivity contribution < 1.29 is 13.2 Å². The van der Waals surface area contributed by atoms with Crippen LogP contribution in [0.15, 0.2) is 36.5 Å². The highest BCUT2D eigenvalue weighted by molar-refractivity contribution is 5.80. The Labute approximate surface area is 101 Å². The topological polar surface area (TPSA) is 64.9 Å². The maximum atomic E-state index is 12.8. The van der Waals surface area contributed by atoms with Gasteiger partial charge in [0.25, 0.3) is 0 Å². The molecule has 1 aromatic heterocycles.